The van der Waals surface area contributed by atoms with Gasteiger partial charge in [0, 0.05) is 5.54 Å². The summed E-state index contributed by atoms with van der Waals surface area (Å²) in [6.07, 6.45) is 5.06. The van der Waals surface area contributed by atoms with Crippen molar-refractivity contribution in [2.45, 2.75) is 39.7 Å². The molecule has 1 amide bonds. The van der Waals surface area contributed by atoms with Gasteiger partial charge >= 0.3 is 0 Å². The minimum Gasteiger partial charge on any atom is -0.350 e. The lowest BCUT2D eigenvalue weighted by Crippen LogP contribution is -2.44. The number of nitrogens with one attached hydrogen (secondary N) is 2. The zero-order valence-corrected chi connectivity index (χ0v) is 9.68. The SMILES string of the molecule is C/C=C/CCNCC(=O)NC(C)(C)C. The number of carbonyl (C=O) groups is 1. The first kappa shape index (κ1) is 13.2. The first-order valence-electron chi connectivity index (χ1n) is 5.08. The van der Waals surface area contributed by atoms with Gasteiger partial charge in [-0.2, -0.15) is 0 Å². The van der Waals surface area contributed by atoms with Crippen molar-refractivity contribution >= 4 is 5.91 Å². The Morgan fingerprint density at radius 1 is 1.36 bits per heavy atom. The van der Waals surface area contributed by atoms with Crippen molar-refractivity contribution in [1.82, 2.24) is 10.6 Å². The number of amides is 1. The van der Waals surface area contributed by atoms with Crippen molar-refractivity contribution in [3.8, 4) is 0 Å². The van der Waals surface area contributed by atoms with Crippen molar-refractivity contribution < 1.29 is 4.79 Å². The van der Waals surface area contributed by atoms with Crippen LogP contribution in [-0.4, -0.2) is 24.5 Å². The van der Waals surface area contributed by atoms with Crippen LogP contribution in [0.5, 0.6) is 0 Å². The van der Waals surface area contributed by atoms with Crippen LogP contribution in [0.1, 0.15) is 34.1 Å². The minimum atomic E-state index is -0.137. The Balaban J connectivity index is 3.45. The van der Waals surface area contributed by atoms with E-state index in [1.165, 1.54) is 0 Å². The molecule has 14 heavy (non-hydrogen) atoms. The number of hydrogen-bond acceptors (Lipinski definition) is 2. The van der Waals surface area contributed by atoms with E-state index in [0.29, 0.717) is 6.54 Å². The van der Waals surface area contributed by atoms with Gasteiger partial charge in [0.2, 0.25) is 5.91 Å². The fourth-order valence-corrected chi connectivity index (χ4v) is 1.02. The average molecular weight is 198 g/mol. The third-order valence-corrected chi connectivity index (χ3v) is 1.52. The molecule has 0 aromatic heterocycles. The Kier molecular flexibility index (Phi) is 6.21. The van der Waals surface area contributed by atoms with E-state index in [-0.39, 0.29) is 11.4 Å². The predicted molar refractivity (Wildman–Crippen MR) is 60.2 cm³/mol. The molecule has 3 heteroatoms. The highest BCUT2D eigenvalue weighted by Gasteiger charge is 2.12. The highest BCUT2D eigenvalue weighted by molar-refractivity contribution is 5.78. The first-order chi connectivity index (χ1) is 6.45. The fourth-order valence-electron chi connectivity index (χ4n) is 1.02. The number of rotatable bonds is 5. The molecule has 0 fully saturated rings. The van der Waals surface area contributed by atoms with Gasteiger partial charge in [-0.05, 0) is 40.7 Å². The van der Waals surface area contributed by atoms with Crippen molar-refractivity contribution in [1.29, 1.82) is 0 Å². The summed E-state index contributed by atoms with van der Waals surface area (Å²) in [4.78, 5) is 11.3. The molecule has 0 aliphatic rings. The zero-order chi connectivity index (χ0) is 11.0. The molecule has 3 nitrogen and oxygen atoms in total. The van der Waals surface area contributed by atoms with Crippen molar-refractivity contribution in [2.75, 3.05) is 13.1 Å². The van der Waals surface area contributed by atoms with E-state index >= 15 is 0 Å². The monoisotopic (exact) mass is 198 g/mol. The Bertz CT molecular complexity index is 192. The maximum absolute atomic E-state index is 11.3. The molecule has 0 unspecified atom stereocenters. The number of allylic oxidation sites excluding steroid dienone is 1. The van der Waals surface area contributed by atoms with Crippen LogP contribution in [0.15, 0.2) is 12.2 Å². The molecule has 2 N–H and O–H groups in total. The molecule has 0 heterocycles. The molecule has 0 aromatic carbocycles. The predicted octanol–water partition coefficient (Wildman–Crippen LogP) is 1.46. The molecule has 0 saturated carbocycles. The third-order valence-electron chi connectivity index (χ3n) is 1.52. The molecule has 0 bridgehead atoms. The first-order valence-corrected chi connectivity index (χ1v) is 5.08. The van der Waals surface area contributed by atoms with Crippen LogP contribution in [0.25, 0.3) is 0 Å². The topological polar surface area (TPSA) is 41.1 Å². The van der Waals surface area contributed by atoms with Gasteiger partial charge in [-0.25, -0.2) is 0 Å². The Hall–Kier alpha value is -0.830. The lowest BCUT2D eigenvalue weighted by atomic mass is 10.1. The number of carbonyl (C=O) groups excluding carboxylic acids is 1. The summed E-state index contributed by atoms with van der Waals surface area (Å²) in [6.45, 7) is 9.17. The highest BCUT2D eigenvalue weighted by atomic mass is 16.2. The lowest BCUT2D eigenvalue weighted by Gasteiger charge is -2.20. The quantitative estimate of drug-likeness (QED) is 0.518. The molecule has 0 rings (SSSR count). The lowest BCUT2D eigenvalue weighted by molar-refractivity contribution is -0.121. The molecular formula is C11H22N2O. The van der Waals surface area contributed by atoms with Gasteiger partial charge < -0.3 is 10.6 Å². The summed E-state index contributed by atoms with van der Waals surface area (Å²) in [6, 6.07) is 0. The van der Waals surface area contributed by atoms with E-state index in [0.717, 1.165) is 13.0 Å². The second kappa shape index (κ2) is 6.60. The Morgan fingerprint density at radius 3 is 2.50 bits per heavy atom. The summed E-state index contributed by atoms with van der Waals surface area (Å²) >= 11 is 0. The van der Waals surface area contributed by atoms with Crippen molar-refractivity contribution in [3.05, 3.63) is 12.2 Å². The van der Waals surface area contributed by atoms with E-state index in [2.05, 4.69) is 16.7 Å². The van der Waals surface area contributed by atoms with E-state index in [9.17, 15) is 4.79 Å². The molecule has 0 aliphatic heterocycles. The van der Waals surface area contributed by atoms with E-state index in [1.807, 2.05) is 33.8 Å². The molecule has 0 atom stereocenters. The maximum Gasteiger partial charge on any atom is 0.234 e. The molecule has 0 spiro atoms. The van der Waals surface area contributed by atoms with Gasteiger partial charge in [-0.15, -0.1) is 0 Å². The fraction of sp³-hybridized carbons (Fsp3) is 0.727. The van der Waals surface area contributed by atoms with E-state index in [4.69, 9.17) is 0 Å². The van der Waals surface area contributed by atoms with Crippen LogP contribution in [0.3, 0.4) is 0 Å². The van der Waals surface area contributed by atoms with Crippen LogP contribution < -0.4 is 10.6 Å². The number of hydrogen-bond donors (Lipinski definition) is 2. The molecule has 82 valence electrons. The summed E-state index contributed by atoms with van der Waals surface area (Å²) in [7, 11) is 0. The molecule has 0 aromatic rings. The van der Waals surface area contributed by atoms with Crippen LogP contribution >= 0.6 is 0 Å². The normalized spacial score (nSPS) is 12.0. The van der Waals surface area contributed by atoms with Gasteiger partial charge in [0.15, 0.2) is 0 Å². The molecule has 0 aliphatic carbocycles. The summed E-state index contributed by atoms with van der Waals surface area (Å²) in [5, 5.41) is 5.97. The molecular weight excluding hydrogens is 176 g/mol. The van der Waals surface area contributed by atoms with Crippen LogP contribution in [0.2, 0.25) is 0 Å². The Labute approximate surface area is 87.0 Å². The van der Waals surface area contributed by atoms with Crippen molar-refractivity contribution in [2.24, 2.45) is 0 Å². The highest BCUT2D eigenvalue weighted by Crippen LogP contribution is 1.96. The second-order valence-electron chi connectivity index (χ2n) is 4.33. The molecule has 0 saturated heterocycles. The van der Waals surface area contributed by atoms with Crippen LogP contribution in [0, 0.1) is 0 Å². The second-order valence-corrected chi connectivity index (χ2v) is 4.33. The van der Waals surface area contributed by atoms with Crippen LogP contribution in [0.4, 0.5) is 0 Å². The van der Waals surface area contributed by atoms with E-state index < -0.39 is 0 Å². The summed E-state index contributed by atoms with van der Waals surface area (Å²) in [5.41, 5.74) is -0.137. The van der Waals surface area contributed by atoms with Crippen LogP contribution in [-0.2, 0) is 4.79 Å². The summed E-state index contributed by atoms with van der Waals surface area (Å²) < 4.78 is 0. The maximum atomic E-state index is 11.3. The zero-order valence-electron chi connectivity index (χ0n) is 9.68. The standard InChI is InChI=1S/C11H22N2O/c1-5-6-7-8-12-9-10(14)13-11(2,3)4/h5-6,12H,7-9H2,1-4H3,(H,13,14)/b6-5+. The third kappa shape index (κ3) is 9.26. The largest absolute Gasteiger partial charge is 0.350 e. The van der Waals surface area contributed by atoms with Gasteiger partial charge in [0.05, 0.1) is 6.54 Å². The average Bonchev–Trinajstić information content (AvgIpc) is 2.00. The molecule has 0 radical (unpaired) electrons. The summed E-state index contributed by atoms with van der Waals surface area (Å²) in [5.74, 6) is 0.0537. The smallest absolute Gasteiger partial charge is 0.234 e. The van der Waals surface area contributed by atoms with Gasteiger partial charge in [0.1, 0.15) is 0 Å². The van der Waals surface area contributed by atoms with Crippen molar-refractivity contribution in [3.63, 3.8) is 0 Å². The van der Waals surface area contributed by atoms with E-state index in [1.54, 1.807) is 0 Å². The Morgan fingerprint density at radius 2 is 2.00 bits per heavy atom. The van der Waals surface area contributed by atoms with Gasteiger partial charge in [-0.1, -0.05) is 12.2 Å². The minimum absolute atomic E-state index is 0.0537. The van der Waals surface area contributed by atoms with Gasteiger partial charge in [0.25, 0.3) is 0 Å². The van der Waals surface area contributed by atoms with Gasteiger partial charge in [-0.3, -0.25) is 4.79 Å².